The largest absolute Gasteiger partial charge is 0.454 e. The fourth-order valence-electron chi connectivity index (χ4n) is 5.09. The molecular formula is C23H32N2O4. The number of ether oxygens (including phenoxy) is 2. The van der Waals surface area contributed by atoms with Gasteiger partial charge in [0.05, 0.1) is 5.41 Å². The number of amides is 2. The van der Waals surface area contributed by atoms with E-state index in [1.165, 1.54) is 0 Å². The lowest BCUT2D eigenvalue weighted by molar-refractivity contribution is -0.154. The highest BCUT2D eigenvalue weighted by Crippen LogP contribution is 2.45. The van der Waals surface area contributed by atoms with Crippen LogP contribution in [0.3, 0.4) is 0 Å². The van der Waals surface area contributed by atoms with Gasteiger partial charge in [-0.05, 0) is 63.1 Å². The molecule has 1 aromatic carbocycles. The first kappa shape index (κ1) is 20.0. The number of nitrogens with zero attached hydrogens (tertiary/aromatic N) is 2. The van der Waals surface area contributed by atoms with E-state index >= 15 is 0 Å². The molecule has 2 fully saturated rings. The van der Waals surface area contributed by atoms with Crippen LogP contribution in [0.4, 0.5) is 0 Å². The Morgan fingerprint density at radius 3 is 2.66 bits per heavy atom. The van der Waals surface area contributed by atoms with E-state index in [1.54, 1.807) is 18.2 Å². The SMILES string of the molecule is CC(C)CCN1CCC[C@@]2(CCCN(C(=O)c3ccc4c(c3)OCO4)[C@@H]2C)C1=O. The Hall–Kier alpha value is -2.24. The number of hydrogen-bond donors (Lipinski definition) is 0. The van der Waals surface area contributed by atoms with Crippen LogP contribution in [0.1, 0.15) is 63.2 Å². The van der Waals surface area contributed by atoms with Crippen LogP contribution in [-0.2, 0) is 4.79 Å². The zero-order chi connectivity index (χ0) is 20.6. The number of benzene rings is 1. The van der Waals surface area contributed by atoms with Crippen LogP contribution in [0.5, 0.6) is 11.5 Å². The second-order valence-corrected chi connectivity index (χ2v) is 9.08. The minimum absolute atomic E-state index is 0.0259. The Kier molecular flexibility index (Phi) is 5.45. The van der Waals surface area contributed by atoms with Crippen molar-refractivity contribution in [3.8, 4) is 11.5 Å². The van der Waals surface area contributed by atoms with Crippen molar-refractivity contribution in [2.75, 3.05) is 26.4 Å². The summed E-state index contributed by atoms with van der Waals surface area (Å²) in [5.41, 5.74) is 0.150. The quantitative estimate of drug-likeness (QED) is 0.773. The van der Waals surface area contributed by atoms with Gasteiger partial charge in [-0.15, -0.1) is 0 Å². The normalized spacial score (nSPS) is 26.5. The van der Waals surface area contributed by atoms with E-state index in [-0.39, 0.29) is 24.6 Å². The Morgan fingerprint density at radius 2 is 1.90 bits per heavy atom. The molecule has 6 heteroatoms. The molecule has 1 spiro atoms. The number of piperidine rings is 2. The molecule has 0 radical (unpaired) electrons. The minimum atomic E-state index is -0.445. The minimum Gasteiger partial charge on any atom is -0.454 e. The lowest BCUT2D eigenvalue weighted by Gasteiger charge is -2.51. The molecule has 0 bridgehead atoms. The maximum absolute atomic E-state index is 13.5. The average Bonchev–Trinajstić information content (AvgIpc) is 3.18. The Bertz CT molecular complexity index is 789. The molecule has 0 unspecified atom stereocenters. The van der Waals surface area contributed by atoms with E-state index in [4.69, 9.17) is 9.47 Å². The lowest BCUT2D eigenvalue weighted by Crippen LogP contribution is -2.61. The first-order chi connectivity index (χ1) is 13.9. The van der Waals surface area contributed by atoms with E-state index in [0.29, 0.717) is 29.5 Å². The highest BCUT2D eigenvalue weighted by molar-refractivity contribution is 5.96. The van der Waals surface area contributed by atoms with Crippen LogP contribution >= 0.6 is 0 Å². The summed E-state index contributed by atoms with van der Waals surface area (Å²) in [7, 11) is 0. The zero-order valence-electron chi connectivity index (χ0n) is 17.8. The summed E-state index contributed by atoms with van der Waals surface area (Å²) in [6.45, 7) is 9.00. The molecule has 6 nitrogen and oxygen atoms in total. The molecule has 0 N–H and O–H groups in total. The summed E-state index contributed by atoms with van der Waals surface area (Å²) < 4.78 is 10.8. The molecular weight excluding hydrogens is 368 g/mol. The van der Waals surface area contributed by atoms with Gasteiger partial charge in [-0.25, -0.2) is 0 Å². The summed E-state index contributed by atoms with van der Waals surface area (Å²) >= 11 is 0. The Morgan fingerprint density at radius 1 is 1.17 bits per heavy atom. The van der Waals surface area contributed by atoms with Crippen LogP contribution in [-0.4, -0.2) is 54.1 Å². The Labute approximate surface area is 173 Å². The molecule has 2 atom stereocenters. The number of hydrogen-bond acceptors (Lipinski definition) is 4. The second kappa shape index (κ2) is 7.88. The molecule has 29 heavy (non-hydrogen) atoms. The third kappa shape index (κ3) is 3.58. The maximum atomic E-state index is 13.5. The van der Waals surface area contributed by atoms with E-state index < -0.39 is 5.41 Å². The van der Waals surface area contributed by atoms with Crippen LogP contribution in [0.25, 0.3) is 0 Å². The fourth-order valence-corrected chi connectivity index (χ4v) is 5.09. The van der Waals surface area contributed by atoms with Gasteiger partial charge in [0.15, 0.2) is 11.5 Å². The molecule has 0 aliphatic carbocycles. The zero-order valence-corrected chi connectivity index (χ0v) is 17.8. The van der Waals surface area contributed by atoms with Gasteiger partial charge in [0.1, 0.15) is 0 Å². The number of rotatable bonds is 4. The highest BCUT2D eigenvalue weighted by atomic mass is 16.7. The van der Waals surface area contributed by atoms with Gasteiger partial charge in [0.25, 0.3) is 5.91 Å². The molecule has 158 valence electrons. The molecule has 0 aromatic heterocycles. The molecule has 1 aromatic rings. The van der Waals surface area contributed by atoms with E-state index in [9.17, 15) is 9.59 Å². The summed E-state index contributed by atoms with van der Waals surface area (Å²) in [5, 5.41) is 0. The predicted molar refractivity (Wildman–Crippen MR) is 110 cm³/mol. The molecule has 4 rings (SSSR count). The van der Waals surface area contributed by atoms with E-state index in [2.05, 4.69) is 25.7 Å². The summed E-state index contributed by atoms with van der Waals surface area (Å²) in [6.07, 6.45) is 4.65. The first-order valence-corrected chi connectivity index (χ1v) is 10.9. The molecule has 0 saturated carbocycles. The van der Waals surface area contributed by atoms with Crippen molar-refractivity contribution < 1.29 is 19.1 Å². The lowest BCUT2D eigenvalue weighted by atomic mass is 9.67. The van der Waals surface area contributed by atoms with Crippen LogP contribution in [0, 0.1) is 11.3 Å². The average molecular weight is 401 g/mol. The summed E-state index contributed by atoms with van der Waals surface area (Å²) in [6, 6.07) is 5.24. The number of carbonyl (C=O) groups excluding carboxylic acids is 2. The van der Waals surface area contributed by atoms with Crippen LogP contribution in [0.2, 0.25) is 0 Å². The number of fused-ring (bicyclic) bond motifs is 1. The van der Waals surface area contributed by atoms with Crippen LogP contribution in [0.15, 0.2) is 18.2 Å². The van der Waals surface area contributed by atoms with Crippen molar-refractivity contribution in [3.05, 3.63) is 23.8 Å². The van der Waals surface area contributed by atoms with Crippen molar-refractivity contribution in [1.29, 1.82) is 0 Å². The molecule has 2 saturated heterocycles. The summed E-state index contributed by atoms with van der Waals surface area (Å²) in [5.74, 6) is 2.09. The number of carbonyl (C=O) groups is 2. The smallest absolute Gasteiger partial charge is 0.254 e. The first-order valence-electron chi connectivity index (χ1n) is 10.9. The third-order valence-electron chi connectivity index (χ3n) is 6.91. The van der Waals surface area contributed by atoms with Gasteiger partial charge >= 0.3 is 0 Å². The molecule has 3 aliphatic rings. The van der Waals surface area contributed by atoms with Crippen molar-refractivity contribution >= 4 is 11.8 Å². The van der Waals surface area contributed by atoms with Gasteiger partial charge in [0, 0.05) is 31.2 Å². The van der Waals surface area contributed by atoms with Gasteiger partial charge in [-0.3, -0.25) is 9.59 Å². The predicted octanol–water partition coefficient (Wildman–Crippen LogP) is 3.69. The second-order valence-electron chi connectivity index (χ2n) is 9.08. The van der Waals surface area contributed by atoms with Crippen molar-refractivity contribution in [2.24, 2.45) is 11.3 Å². The third-order valence-corrected chi connectivity index (χ3v) is 6.91. The summed E-state index contributed by atoms with van der Waals surface area (Å²) in [4.78, 5) is 30.8. The van der Waals surface area contributed by atoms with Gasteiger partial charge in [-0.1, -0.05) is 13.8 Å². The van der Waals surface area contributed by atoms with E-state index in [0.717, 1.165) is 45.2 Å². The molecule has 3 heterocycles. The Balaban J connectivity index is 1.54. The topological polar surface area (TPSA) is 59.1 Å². The van der Waals surface area contributed by atoms with Crippen molar-refractivity contribution in [2.45, 2.75) is 58.9 Å². The van der Waals surface area contributed by atoms with E-state index in [1.807, 2.05) is 4.90 Å². The monoisotopic (exact) mass is 400 g/mol. The van der Waals surface area contributed by atoms with Crippen LogP contribution < -0.4 is 9.47 Å². The van der Waals surface area contributed by atoms with Gasteiger partial charge < -0.3 is 19.3 Å². The van der Waals surface area contributed by atoms with Crippen molar-refractivity contribution in [1.82, 2.24) is 9.80 Å². The van der Waals surface area contributed by atoms with Crippen molar-refractivity contribution in [3.63, 3.8) is 0 Å². The highest BCUT2D eigenvalue weighted by Gasteiger charge is 2.52. The molecule has 3 aliphatic heterocycles. The standard InChI is InChI=1S/C23H32N2O4/c1-16(2)8-13-24-11-4-9-23(22(24)27)10-5-12-25(17(23)3)21(26)18-6-7-19-20(14-18)29-15-28-19/h6-7,14,16-17H,4-5,8-13,15H2,1-3H3/t17-,23+/m1/s1. The van der Waals surface area contributed by atoms with Gasteiger partial charge in [0.2, 0.25) is 12.7 Å². The number of likely N-dealkylation sites (tertiary alicyclic amines) is 2. The molecule has 2 amide bonds. The van der Waals surface area contributed by atoms with Gasteiger partial charge in [-0.2, -0.15) is 0 Å². The fraction of sp³-hybridized carbons (Fsp3) is 0.652. The maximum Gasteiger partial charge on any atom is 0.254 e.